The van der Waals surface area contributed by atoms with E-state index in [2.05, 4.69) is 9.88 Å². The second-order valence-electron chi connectivity index (χ2n) is 5.99. The van der Waals surface area contributed by atoms with Gasteiger partial charge in [-0.15, -0.1) is 0 Å². The van der Waals surface area contributed by atoms with E-state index >= 15 is 0 Å². The van der Waals surface area contributed by atoms with E-state index in [9.17, 15) is 4.79 Å². The molecular formula is C15H23N3O3. The fourth-order valence-corrected chi connectivity index (χ4v) is 2.14. The van der Waals surface area contributed by atoms with Gasteiger partial charge in [0.1, 0.15) is 11.4 Å². The summed E-state index contributed by atoms with van der Waals surface area (Å²) in [5, 5.41) is 0. The summed E-state index contributed by atoms with van der Waals surface area (Å²) in [6.07, 6.45) is -0.249. The first-order chi connectivity index (χ1) is 9.89. The number of methoxy groups -OCH3 is 1. The molecule has 1 fully saturated rings. The van der Waals surface area contributed by atoms with Crippen LogP contribution in [0, 0.1) is 0 Å². The summed E-state index contributed by atoms with van der Waals surface area (Å²) in [7, 11) is 1.60. The molecule has 1 saturated heterocycles. The highest BCUT2D eigenvalue weighted by Gasteiger charge is 2.26. The van der Waals surface area contributed by atoms with Crippen LogP contribution in [-0.2, 0) is 4.74 Å². The summed E-state index contributed by atoms with van der Waals surface area (Å²) >= 11 is 0. The van der Waals surface area contributed by atoms with Gasteiger partial charge >= 0.3 is 6.09 Å². The molecule has 0 unspecified atom stereocenters. The molecule has 6 nitrogen and oxygen atoms in total. The number of hydrogen-bond donors (Lipinski definition) is 0. The lowest BCUT2D eigenvalue weighted by Crippen LogP contribution is -2.50. The van der Waals surface area contributed by atoms with E-state index in [0.717, 1.165) is 18.9 Å². The van der Waals surface area contributed by atoms with Crippen molar-refractivity contribution in [3.05, 3.63) is 18.2 Å². The van der Waals surface area contributed by atoms with Gasteiger partial charge in [-0.25, -0.2) is 4.79 Å². The maximum atomic E-state index is 12.0. The van der Waals surface area contributed by atoms with Gasteiger partial charge < -0.3 is 19.3 Å². The monoisotopic (exact) mass is 293 g/mol. The van der Waals surface area contributed by atoms with E-state index in [-0.39, 0.29) is 6.09 Å². The van der Waals surface area contributed by atoms with Gasteiger partial charge in [-0.05, 0) is 26.8 Å². The Hall–Kier alpha value is -1.98. The van der Waals surface area contributed by atoms with Crippen LogP contribution < -0.4 is 9.64 Å². The lowest BCUT2D eigenvalue weighted by Gasteiger charge is -2.36. The summed E-state index contributed by atoms with van der Waals surface area (Å²) < 4.78 is 10.5. The Bertz CT molecular complexity index is 491. The van der Waals surface area contributed by atoms with Crippen molar-refractivity contribution in [1.82, 2.24) is 9.88 Å². The number of hydrogen-bond acceptors (Lipinski definition) is 5. The van der Waals surface area contributed by atoms with Gasteiger partial charge in [0.05, 0.1) is 7.11 Å². The van der Waals surface area contributed by atoms with Gasteiger partial charge in [-0.3, -0.25) is 0 Å². The molecule has 1 aromatic rings. The minimum atomic E-state index is -0.456. The van der Waals surface area contributed by atoms with Crippen molar-refractivity contribution in [3.63, 3.8) is 0 Å². The third-order valence-electron chi connectivity index (χ3n) is 3.17. The van der Waals surface area contributed by atoms with E-state index < -0.39 is 5.60 Å². The fraction of sp³-hybridized carbons (Fsp3) is 0.600. The van der Waals surface area contributed by atoms with Crippen LogP contribution in [-0.4, -0.2) is 54.9 Å². The smallest absolute Gasteiger partial charge is 0.410 e. The highest BCUT2D eigenvalue weighted by atomic mass is 16.6. The van der Waals surface area contributed by atoms with E-state index in [1.54, 1.807) is 12.0 Å². The van der Waals surface area contributed by atoms with Crippen molar-refractivity contribution in [3.8, 4) is 5.88 Å². The molecule has 116 valence electrons. The van der Waals surface area contributed by atoms with Gasteiger partial charge in [0.2, 0.25) is 5.88 Å². The average Bonchev–Trinajstić information content (AvgIpc) is 2.46. The number of pyridine rings is 1. The Balaban J connectivity index is 1.92. The van der Waals surface area contributed by atoms with Gasteiger partial charge in [-0.2, -0.15) is 4.98 Å². The lowest BCUT2D eigenvalue weighted by atomic mass is 10.2. The van der Waals surface area contributed by atoms with Gasteiger partial charge in [0.15, 0.2) is 0 Å². The maximum Gasteiger partial charge on any atom is 0.410 e. The van der Waals surface area contributed by atoms with Gasteiger partial charge in [-0.1, -0.05) is 6.07 Å². The number of nitrogens with zero attached hydrogens (tertiary/aromatic N) is 3. The molecule has 2 rings (SSSR count). The lowest BCUT2D eigenvalue weighted by molar-refractivity contribution is 0.0240. The third kappa shape index (κ3) is 4.24. The molecule has 0 spiro atoms. The zero-order valence-electron chi connectivity index (χ0n) is 13.1. The van der Waals surface area contributed by atoms with Crippen LogP contribution in [0.4, 0.5) is 10.6 Å². The molecule has 1 aromatic heterocycles. The summed E-state index contributed by atoms with van der Waals surface area (Å²) in [6.45, 7) is 8.37. The summed E-state index contributed by atoms with van der Waals surface area (Å²) in [4.78, 5) is 20.3. The normalized spacial score (nSPS) is 15.8. The standard InChI is InChI=1S/C15H23N3O3/c1-15(2,3)21-14(19)18-10-8-17(9-11-18)12-6-5-7-13(16-12)20-4/h5-7H,8-11H2,1-4H3. The van der Waals surface area contributed by atoms with Crippen LogP contribution >= 0.6 is 0 Å². The van der Waals surface area contributed by atoms with E-state index in [1.807, 2.05) is 39.0 Å². The Labute approximate surface area is 125 Å². The third-order valence-corrected chi connectivity index (χ3v) is 3.17. The Kier molecular flexibility index (Phi) is 4.55. The molecule has 0 atom stereocenters. The van der Waals surface area contributed by atoms with Crippen molar-refractivity contribution in [1.29, 1.82) is 0 Å². The van der Waals surface area contributed by atoms with Crippen LogP contribution in [0.3, 0.4) is 0 Å². The molecule has 0 bridgehead atoms. The topological polar surface area (TPSA) is 54.9 Å². The van der Waals surface area contributed by atoms with E-state index in [4.69, 9.17) is 9.47 Å². The van der Waals surface area contributed by atoms with E-state index in [0.29, 0.717) is 19.0 Å². The maximum absolute atomic E-state index is 12.0. The number of ether oxygens (including phenoxy) is 2. The van der Waals surface area contributed by atoms with Crippen LogP contribution in [0.15, 0.2) is 18.2 Å². The molecule has 0 radical (unpaired) electrons. The molecule has 0 N–H and O–H groups in total. The Morgan fingerprint density at radius 1 is 1.19 bits per heavy atom. The molecule has 0 aliphatic carbocycles. The van der Waals surface area contributed by atoms with Crippen molar-refractivity contribution in [2.45, 2.75) is 26.4 Å². The second-order valence-corrected chi connectivity index (χ2v) is 5.99. The van der Waals surface area contributed by atoms with Crippen LogP contribution in [0.2, 0.25) is 0 Å². The molecule has 1 amide bonds. The molecule has 0 saturated carbocycles. The quantitative estimate of drug-likeness (QED) is 0.836. The number of aromatic nitrogens is 1. The van der Waals surface area contributed by atoms with Crippen molar-refractivity contribution in [2.75, 3.05) is 38.2 Å². The molecule has 1 aliphatic rings. The summed E-state index contributed by atoms with van der Waals surface area (Å²) in [6, 6.07) is 5.69. The molecule has 6 heteroatoms. The van der Waals surface area contributed by atoms with E-state index in [1.165, 1.54) is 0 Å². The number of anilines is 1. The first-order valence-electron chi connectivity index (χ1n) is 7.13. The van der Waals surface area contributed by atoms with Crippen LogP contribution in [0.1, 0.15) is 20.8 Å². The molecular weight excluding hydrogens is 270 g/mol. The highest BCUT2D eigenvalue weighted by molar-refractivity contribution is 5.68. The van der Waals surface area contributed by atoms with Crippen LogP contribution in [0.25, 0.3) is 0 Å². The SMILES string of the molecule is COc1cccc(N2CCN(C(=O)OC(C)(C)C)CC2)n1. The van der Waals surface area contributed by atoms with Crippen LogP contribution in [0.5, 0.6) is 5.88 Å². The highest BCUT2D eigenvalue weighted by Crippen LogP contribution is 2.18. The van der Waals surface area contributed by atoms with Crippen molar-refractivity contribution in [2.24, 2.45) is 0 Å². The largest absolute Gasteiger partial charge is 0.481 e. The zero-order chi connectivity index (χ0) is 15.5. The van der Waals surface area contributed by atoms with Gasteiger partial charge in [0, 0.05) is 32.2 Å². The number of piperazine rings is 1. The molecule has 21 heavy (non-hydrogen) atoms. The molecule has 0 aromatic carbocycles. The molecule has 2 heterocycles. The fourth-order valence-electron chi connectivity index (χ4n) is 2.14. The second kappa shape index (κ2) is 6.20. The first kappa shape index (κ1) is 15.4. The first-order valence-corrected chi connectivity index (χ1v) is 7.13. The predicted molar refractivity (Wildman–Crippen MR) is 80.8 cm³/mol. The summed E-state index contributed by atoms with van der Waals surface area (Å²) in [5.41, 5.74) is -0.456. The predicted octanol–water partition coefficient (Wildman–Crippen LogP) is 2.15. The Morgan fingerprint density at radius 2 is 1.86 bits per heavy atom. The minimum Gasteiger partial charge on any atom is -0.481 e. The zero-order valence-corrected chi connectivity index (χ0v) is 13.1. The number of amides is 1. The number of rotatable bonds is 2. The van der Waals surface area contributed by atoms with Crippen molar-refractivity contribution < 1.29 is 14.3 Å². The number of carbonyl (C=O) groups excluding carboxylic acids is 1. The Morgan fingerprint density at radius 3 is 2.43 bits per heavy atom. The summed E-state index contributed by atoms with van der Waals surface area (Å²) in [5.74, 6) is 1.47. The van der Waals surface area contributed by atoms with Crippen molar-refractivity contribution >= 4 is 11.9 Å². The average molecular weight is 293 g/mol. The molecule has 1 aliphatic heterocycles. The number of carbonyl (C=O) groups is 1. The minimum absolute atomic E-state index is 0.249. The van der Waals surface area contributed by atoms with Gasteiger partial charge in [0.25, 0.3) is 0 Å².